The van der Waals surface area contributed by atoms with Gasteiger partial charge in [0.1, 0.15) is 18.2 Å². The molecule has 2 aromatic rings. The lowest BCUT2D eigenvalue weighted by Crippen LogP contribution is -2.48. The maximum absolute atomic E-state index is 13.7. The minimum Gasteiger partial charge on any atom is -0.491 e. The van der Waals surface area contributed by atoms with Gasteiger partial charge in [0.25, 0.3) is 5.91 Å². The number of piperazine rings is 1. The molecule has 2 aromatic carbocycles. The number of ether oxygens (including phenoxy) is 2. The molecular weight excluding hydrogens is 359 g/mol. The highest BCUT2D eigenvalue weighted by atomic mass is 19.1. The molecule has 1 amide bonds. The summed E-state index contributed by atoms with van der Waals surface area (Å²) in [6, 6.07) is 13.5. The molecule has 0 aromatic heterocycles. The van der Waals surface area contributed by atoms with Gasteiger partial charge in [-0.15, -0.1) is 0 Å². The molecule has 0 aliphatic carbocycles. The van der Waals surface area contributed by atoms with E-state index >= 15 is 0 Å². The molecule has 2 heterocycles. The maximum atomic E-state index is 13.7. The topological polar surface area (TPSA) is 50.8 Å². The zero-order valence-corrected chi connectivity index (χ0v) is 15.8. The first kappa shape index (κ1) is 18.9. The number of nitrogens with one attached hydrogen (secondary N) is 1. The van der Waals surface area contributed by atoms with Gasteiger partial charge >= 0.3 is 0 Å². The van der Waals surface area contributed by atoms with Crippen LogP contribution in [0, 0.1) is 5.82 Å². The minimum absolute atomic E-state index is 0.0542. The second-order valence-corrected chi connectivity index (χ2v) is 7.24. The molecule has 6 heteroatoms. The Balaban J connectivity index is 1.44. The van der Waals surface area contributed by atoms with Crippen molar-refractivity contribution < 1.29 is 18.7 Å². The number of nitrogens with zero attached hydrogens (tertiary/aromatic N) is 1. The van der Waals surface area contributed by atoms with Crippen LogP contribution in [0.5, 0.6) is 5.75 Å². The summed E-state index contributed by atoms with van der Waals surface area (Å²) < 4.78 is 25.0. The highest BCUT2D eigenvalue weighted by Crippen LogP contribution is 2.25. The van der Waals surface area contributed by atoms with E-state index in [4.69, 9.17) is 9.47 Å². The van der Waals surface area contributed by atoms with Crippen LogP contribution in [0.1, 0.15) is 34.8 Å². The summed E-state index contributed by atoms with van der Waals surface area (Å²) in [5.41, 5.74) is 1.41. The molecule has 0 spiro atoms. The highest BCUT2D eigenvalue weighted by Gasteiger charge is 2.28. The van der Waals surface area contributed by atoms with E-state index in [1.807, 2.05) is 23.1 Å². The van der Waals surface area contributed by atoms with Crippen molar-refractivity contribution in [3.8, 4) is 5.75 Å². The lowest BCUT2D eigenvalue weighted by atomic mass is 10.0. The Hall–Kier alpha value is -2.44. The summed E-state index contributed by atoms with van der Waals surface area (Å²) in [5.74, 6) is 0.388. The van der Waals surface area contributed by atoms with Gasteiger partial charge in [-0.1, -0.05) is 12.1 Å². The SMILES string of the molecule is O=C(c1ccc(OCC2CCCO2)cc1)N1CCNCC1c1cccc(F)c1. The van der Waals surface area contributed by atoms with Crippen molar-refractivity contribution in [2.45, 2.75) is 25.0 Å². The first-order chi connectivity index (χ1) is 13.7. The van der Waals surface area contributed by atoms with Crippen molar-refractivity contribution >= 4 is 5.91 Å². The van der Waals surface area contributed by atoms with Crippen molar-refractivity contribution in [2.75, 3.05) is 32.8 Å². The zero-order chi connectivity index (χ0) is 19.3. The quantitative estimate of drug-likeness (QED) is 0.860. The van der Waals surface area contributed by atoms with Gasteiger partial charge in [0.2, 0.25) is 0 Å². The number of hydrogen-bond donors (Lipinski definition) is 1. The van der Waals surface area contributed by atoms with Gasteiger partial charge in [0.15, 0.2) is 0 Å². The summed E-state index contributed by atoms with van der Waals surface area (Å²) in [5, 5.41) is 3.29. The fourth-order valence-corrected chi connectivity index (χ4v) is 3.78. The summed E-state index contributed by atoms with van der Waals surface area (Å²) in [6.45, 7) is 3.25. The molecule has 1 N–H and O–H groups in total. The number of hydrogen-bond acceptors (Lipinski definition) is 4. The molecule has 2 aliphatic heterocycles. The summed E-state index contributed by atoms with van der Waals surface area (Å²) in [6.07, 6.45) is 2.27. The average molecular weight is 384 g/mol. The predicted molar refractivity (Wildman–Crippen MR) is 104 cm³/mol. The van der Waals surface area contributed by atoms with Crippen LogP contribution in [0.25, 0.3) is 0 Å². The fourth-order valence-electron chi connectivity index (χ4n) is 3.78. The Labute approximate surface area is 164 Å². The van der Waals surface area contributed by atoms with Crippen molar-refractivity contribution in [1.29, 1.82) is 0 Å². The monoisotopic (exact) mass is 384 g/mol. The summed E-state index contributed by atoms with van der Waals surface area (Å²) >= 11 is 0. The number of halogens is 1. The van der Waals surface area contributed by atoms with Gasteiger partial charge in [0.05, 0.1) is 12.1 Å². The fraction of sp³-hybridized carbons (Fsp3) is 0.409. The molecule has 2 atom stereocenters. The maximum Gasteiger partial charge on any atom is 0.254 e. The van der Waals surface area contributed by atoms with E-state index in [1.54, 1.807) is 18.2 Å². The van der Waals surface area contributed by atoms with E-state index in [0.717, 1.165) is 37.3 Å². The lowest BCUT2D eigenvalue weighted by molar-refractivity contribution is 0.0632. The summed E-state index contributed by atoms with van der Waals surface area (Å²) in [4.78, 5) is 14.9. The zero-order valence-electron chi connectivity index (χ0n) is 15.8. The molecule has 0 bridgehead atoms. The van der Waals surface area contributed by atoms with Gasteiger partial charge in [0, 0.05) is 31.8 Å². The van der Waals surface area contributed by atoms with Crippen LogP contribution in [0.4, 0.5) is 4.39 Å². The normalized spacial score (nSPS) is 22.2. The minimum atomic E-state index is -0.289. The molecule has 0 saturated carbocycles. The molecular formula is C22H25FN2O3. The smallest absolute Gasteiger partial charge is 0.254 e. The molecule has 28 heavy (non-hydrogen) atoms. The standard InChI is InChI=1S/C22H25FN2O3/c23-18-4-1-3-17(13-18)21-14-24-10-11-25(21)22(26)16-6-8-19(9-7-16)28-15-20-5-2-12-27-20/h1,3-4,6-9,13,20-21,24H,2,5,10-12,14-15H2. The van der Waals surface area contributed by atoms with Crippen LogP contribution >= 0.6 is 0 Å². The Bertz CT molecular complexity index is 806. The molecule has 0 radical (unpaired) electrons. The Morgan fingerprint density at radius 2 is 2.11 bits per heavy atom. The highest BCUT2D eigenvalue weighted by molar-refractivity contribution is 5.94. The largest absolute Gasteiger partial charge is 0.491 e. The Morgan fingerprint density at radius 3 is 2.86 bits per heavy atom. The van der Waals surface area contributed by atoms with E-state index in [1.165, 1.54) is 12.1 Å². The first-order valence-corrected chi connectivity index (χ1v) is 9.82. The van der Waals surface area contributed by atoms with E-state index in [9.17, 15) is 9.18 Å². The van der Waals surface area contributed by atoms with Crippen molar-refractivity contribution in [3.63, 3.8) is 0 Å². The molecule has 5 nitrogen and oxygen atoms in total. The van der Waals surface area contributed by atoms with Crippen LogP contribution in [-0.4, -0.2) is 49.8 Å². The molecule has 4 rings (SSSR count). The molecule has 2 aliphatic rings. The van der Waals surface area contributed by atoms with Gasteiger partial charge in [-0.3, -0.25) is 4.79 Å². The Morgan fingerprint density at radius 1 is 1.25 bits per heavy atom. The Kier molecular flexibility index (Phi) is 5.88. The van der Waals surface area contributed by atoms with Crippen molar-refractivity contribution in [3.05, 3.63) is 65.5 Å². The molecule has 2 saturated heterocycles. The molecule has 2 fully saturated rings. The van der Waals surface area contributed by atoms with Gasteiger partial charge in [-0.25, -0.2) is 4.39 Å². The van der Waals surface area contributed by atoms with Crippen LogP contribution in [-0.2, 0) is 4.74 Å². The van der Waals surface area contributed by atoms with Crippen LogP contribution in [0.2, 0.25) is 0 Å². The third-order valence-electron chi connectivity index (χ3n) is 5.30. The van der Waals surface area contributed by atoms with Crippen LogP contribution < -0.4 is 10.1 Å². The average Bonchev–Trinajstić information content (AvgIpc) is 3.26. The predicted octanol–water partition coefficient (Wildman–Crippen LogP) is 3.17. The van der Waals surface area contributed by atoms with Gasteiger partial charge in [-0.05, 0) is 54.8 Å². The van der Waals surface area contributed by atoms with Crippen molar-refractivity contribution in [2.24, 2.45) is 0 Å². The number of rotatable bonds is 5. The molecule has 148 valence electrons. The third kappa shape index (κ3) is 4.34. The second kappa shape index (κ2) is 8.71. The number of carbonyl (C=O) groups excluding carboxylic acids is 1. The van der Waals surface area contributed by atoms with Crippen LogP contribution in [0.3, 0.4) is 0 Å². The van der Waals surface area contributed by atoms with Crippen molar-refractivity contribution in [1.82, 2.24) is 10.2 Å². The van der Waals surface area contributed by atoms with Crippen LogP contribution in [0.15, 0.2) is 48.5 Å². The van der Waals surface area contributed by atoms with Gasteiger partial charge < -0.3 is 19.7 Å². The van der Waals surface area contributed by atoms with E-state index in [0.29, 0.717) is 25.3 Å². The van der Waals surface area contributed by atoms with E-state index < -0.39 is 0 Å². The van der Waals surface area contributed by atoms with E-state index in [2.05, 4.69) is 5.32 Å². The molecule has 2 unspecified atom stereocenters. The lowest BCUT2D eigenvalue weighted by Gasteiger charge is -2.36. The number of amides is 1. The summed E-state index contributed by atoms with van der Waals surface area (Å²) in [7, 11) is 0. The number of benzene rings is 2. The third-order valence-corrected chi connectivity index (χ3v) is 5.30. The number of carbonyl (C=O) groups is 1. The second-order valence-electron chi connectivity index (χ2n) is 7.24. The van der Waals surface area contributed by atoms with E-state index in [-0.39, 0.29) is 23.9 Å². The van der Waals surface area contributed by atoms with Gasteiger partial charge in [-0.2, -0.15) is 0 Å². The first-order valence-electron chi connectivity index (χ1n) is 9.82.